The van der Waals surface area contributed by atoms with Gasteiger partial charge in [-0.1, -0.05) is 36.4 Å². The van der Waals surface area contributed by atoms with Crippen LogP contribution in [0.2, 0.25) is 0 Å². The maximum Gasteiger partial charge on any atom is 0.169 e. The van der Waals surface area contributed by atoms with Crippen molar-refractivity contribution in [3.63, 3.8) is 0 Å². The van der Waals surface area contributed by atoms with E-state index in [1.807, 2.05) is 26.0 Å². The van der Waals surface area contributed by atoms with Crippen LogP contribution in [0.5, 0.6) is 0 Å². The van der Waals surface area contributed by atoms with Crippen molar-refractivity contribution >= 4 is 22.4 Å². The van der Waals surface area contributed by atoms with Crippen molar-refractivity contribution in [1.29, 1.82) is 0 Å². The number of rotatable bonds is 0. The molecule has 1 saturated heterocycles. The first-order chi connectivity index (χ1) is 9.41. The van der Waals surface area contributed by atoms with Gasteiger partial charge in [0.25, 0.3) is 0 Å². The molecule has 4 heteroatoms. The number of Topliss-reactive ketones (excluding diaryl/α,β-unsaturated/α-hetero) is 2. The summed E-state index contributed by atoms with van der Waals surface area (Å²) in [6.07, 6.45) is 3.76. The topological polar surface area (TPSA) is 51.2 Å². The number of ketones is 2. The average Bonchev–Trinajstić information content (AvgIpc) is 2.78. The predicted molar refractivity (Wildman–Crippen MR) is 76.2 cm³/mol. The molecule has 1 fully saturated rings. The van der Waals surface area contributed by atoms with Crippen molar-refractivity contribution in [1.82, 2.24) is 0 Å². The van der Waals surface area contributed by atoms with Gasteiger partial charge in [-0.15, -0.1) is 0 Å². The lowest BCUT2D eigenvalue weighted by Crippen LogP contribution is -2.47. The summed E-state index contributed by atoms with van der Waals surface area (Å²) in [4.78, 5) is 25.6. The van der Waals surface area contributed by atoms with Gasteiger partial charge in [0.15, 0.2) is 11.6 Å². The largest absolute Gasteiger partial charge is 0.294 e. The summed E-state index contributed by atoms with van der Waals surface area (Å²) in [6, 6.07) is 6.95. The lowest BCUT2D eigenvalue weighted by Gasteiger charge is -2.36. The van der Waals surface area contributed by atoms with Gasteiger partial charge in [-0.2, -0.15) is 0 Å². The quantitative estimate of drug-likeness (QED) is 0.687. The van der Waals surface area contributed by atoms with Crippen LogP contribution >= 0.6 is 0 Å². The molecule has 1 aliphatic carbocycles. The molecule has 0 amide bonds. The standard InChI is InChI=1S/C16H14O3S/c1-15-7-8-16(2,20(15)19)12-11(15)13(17)9-5-3-4-6-10(9)14(12)18/h3-8,11-12H,1-2H3. The van der Waals surface area contributed by atoms with E-state index in [2.05, 4.69) is 0 Å². The van der Waals surface area contributed by atoms with Crippen LogP contribution < -0.4 is 0 Å². The second-order valence-corrected chi connectivity index (χ2v) is 8.50. The van der Waals surface area contributed by atoms with Crippen LogP contribution in [0.15, 0.2) is 36.4 Å². The molecular formula is C16H14O3S. The van der Waals surface area contributed by atoms with E-state index in [-0.39, 0.29) is 11.6 Å². The molecule has 2 heterocycles. The Balaban J connectivity index is 2.03. The zero-order chi connectivity index (χ0) is 14.3. The summed E-state index contributed by atoms with van der Waals surface area (Å²) in [5, 5.41) is 0. The molecule has 4 atom stereocenters. The Labute approximate surface area is 119 Å². The van der Waals surface area contributed by atoms with E-state index in [1.165, 1.54) is 0 Å². The van der Waals surface area contributed by atoms with Crippen molar-refractivity contribution in [3.05, 3.63) is 47.5 Å². The molecule has 0 saturated carbocycles. The van der Waals surface area contributed by atoms with Crippen LogP contribution in [0.3, 0.4) is 0 Å². The summed E-state index contributed by atoms with van der Waals surface area (Å²) in [5.41, 5.74) is 0.975. The molecule has 2 bridgehead atoms. The van der Waals surface area contributed by atoms with Gasteiger partial charge in [0.1, 0.15) is 0 Å². The molecule has 0 N–H and O–H groups in total. The summed E-state index contributed by atoms with van der Waals surface area (Å²) in [6.45, 7) is 3.68. The number of hydrogen-bond acceptors (Lipinski definition) is 3. The maximum atomic E-state index is 12.8. The maximum absolute atomic E-state index is 12.8. The van der Waals surface area contributed by atoms with Gasteiger partial charge < -0.3 is 0 Å². The number of carbonyl (C=O) groups is 2. The van der Waals surface area contributed by atoms with E-state index in [0.717, 1.165) is 0 Å². The van der Waals surface area contributed by atoms with Crippen LogP contribution in [0.1, 0.15) is 34.6 Å². The lowest BCUT2D eigenvalue weighted by atomic mass is 9.62. The van der Waals surface area contributed by atoms with E-state index in [4.69, 9.17) is 0 Å². The van der Waals surface area contributed by atoms with Gasteiger partial charge in [-0.25, -0.2) is 0 Å². The Morgan fingerprint density at radius 2 is 1.30 bits per heavy atom. The first-order valence-electron chi connectivity index (χ1n) is 6.71. The van der Waals surface area contributed by atoms with Crippen molar-refractivity contribution in [2.24, 2.45) is 11.8 Å². The highest BCUT2D eigenvalue weighted by molar-refractivity contribution is 7.89. The molecule has 20 heavy (non-hydrogen) atoms. The summed E-state index contributed by atoms with van der Waals surface area (Å²) < 4.78 is 11.3. The molecule has 4 unspecified atom stereocenters. The Bertz CT molecular complexity index is 676. The highest BCUT2D eigenvalue weighted by atomic mass is 32.2. The molecule has 0 spiro atoms. The predicted octanol–water partition coefficient (Wildman–Crippen LogP) is 2.15. The van der Waals surface area contributed by atoms with Crippen LogP contribution in [-0.4, -0.2) is 25.3 Å². The molecule has 0 aromatic heterocycles. The molecule has 0 radical (unpaired) electrons. The molecule has 3 aliphatic rings. The average molecular weight is 286 g/mol. The highest BCUT2D eigenvalue weighted by Crippen LogP contribution is 2.59. The fraction of sp³-hybridized carbons (Fsp3) is 0.375. The third kappa shape index (κ3) is 1.07. The minimum absolute atomic E-state index is 0.0332. The number of carbonyl (C=O) groups excluding carboxylic acids is 2. The van der Waals surface area contributed by atoms with Crippen LogP contribution in [-0.2, 0) is 10.8 Å². The lowest BCUT2D eigenvalue weighted by molar-refractivity contribution is 0.0704. The van der Waals surface area contributed by atoms with Crippen molar-refractivity contribution in [2.75, 3.05) is 0 Å². The third-order valence-electron chi connectivity index (χ3n) is 5.14. The Hall–Kier alpha value is -1.55. The molecule has 4 rings (SSSR count). The van der Waals surface area contributed by atoms with E-state index in [9.17, 15) is 13.8 Å². The summed E-state index contributed by atoms with van der Waals surface area (Å²) in [7, 11) is -1.23. The first kappa shape index (κ1) is 12.2. The van der Waals surface area contributed by atoms with Gasteiger partial charge in [-0.3, -0.25) is 13.8 Å². The SMILES string of the molecule is CC12C=CC(C)(C3C(=O)c4ccccc4C(=O)C31)S2=O. The molecular weight excluding hydrogens is 272 g/mol. The number of fused-ring (bicyclic) bond motifs is 6. The smallest absolute Gasteiger partial charge is 0.169 e. The fourth-order valence-electron chi connectivity index (χ4n) is 4.10. The molecule has 102 valence electrons. The van der Waals surface area contributed by atoms with Gasteiger partial charge in [0, 0.05) is 21.9 Å². The zero-order valence-electron chi connectivity index (χ0n) is 11.3. The van der Waals surface area contributed by atoms with Crippen molar-refractivity contribution in [2.45, 2.75) is 23.3 Å². The number of benzene rings is 1. The Morgan fingerprint density at radius 3 is 1.70 bits per heavy atom. The Kier molecular flexibility index (Phi) is 2.06. The van der Waals surface area contributed by atoms with E-state index in [1.54, 1.807) is 24.3 Å². The van der Waals surface area contributed by atoms with Crippen molar-refractivity contribution < 1.29 is 13.8 Å². The monoisotopic (exact) mass is 286 g/mol. The fourth-order valence-corrected chi connectivity index (χ4v) is 6.38. The van der Waals surface area contributed by atoms with Crippen LogP contribution in [0.25, 0.3) is 0 Å². The highest BCUT2D eigenvalue weighted by Gasteiger charge is 2.70. The second kappa shape index (κ2) is 3.37. The van der Waals surface area contributed by atoms with Gasteiger partial charge in [0.2, 0.25) is 0 Å². The minimum Gasteiger partial charge on any atom is -0.294 e. The van der Waals surface area contributed by atoms with Gasteiger partial charge >= 0.3 is 0 Å². The number of hydrogen-bond donors (Lipinski definition) is 0. The van der Waals surface area contributed by atoms with E-state index < -0.39 is 32.1 Å². The zero-order valence-corrected chi connectivity index (χ0v) is 12.1. The molecule has 2 aliphatic heterocycles. The summed E-state index contributed by atoms with van der Waals surface area (Å²) >= 11 is 0. The van der Waals surface area contributed by atoms with E-state index in [0.29, 0.717) is 11.1 Å². The second-order valence-electron chi connectivity index (χ2n) is 6.20. The normalized spacial score (nSPS) is 44.6. The van der Waals surface area contributed by atoms with Gasteiger partial charge in [-0.05, 0) is 13.8 Å². The summed E-state index contributed by atoms with van der Waals surface area (Å²) in [5.74, 6) is -1.04. The first-order valence-corrected chi connectivity index (χ1v) is 7.86. The molecule has 1 aromatic carbocycles. The Morgan fingerprint density at radius 1 is 0.900 bits per heavy atom. The van der Waals surface area contributed by atoms with Gasteiger partial charge in [0.05, 0.1) is 21.3 Å². The molecule has 3 nitrogen and oxygen atoms in total. The van der Waals surface area contributed by atoms with E-state index >= 15 is 0 Å². The third-order valence-corrected chi connectivity index (χ3v) is 7.51. The van der Waals surface area contributed by atoms with Crippen LogP contribution in [0, 0.1) is 11.8 Å². The van der Waals surface area contributed by atoms with Crippen molar-refractivity contribution in [3.8, 4) is 0 Å². The minimum atomic E-state index is -1.23. The molecule has 1 aromatic rings. The van der Waals surface area contributed by atoms with Crippen LogP contribution in [0.4, 0.5) is 0 Å².